The normalized spacial score (nSPS) is 28.3. The van der Waals surface area contributed by atoms with Gasteiger partial charge in [0.05, 0.1) is 6.10 Å². The molecule has 3 N–H and O–H groups in total. The summed E-state index contributed by atoms with van der Waals surface area (Å²) in [6.07, 6.45) is 0.685. The number of hydrogen-bond donors (Lipinski definition) is 3. The Kier molecular flexibility index (Phi) is 3.56. The van der Waals surface area contributed by atoms with E-state index in [4.69, 9.17) is 4.74 Å². The smallest absolute Gasteiger partial charge is 0.408 e. The minimum absolute atomic E-state index is 0.0305. The van der Waals surface area contributed by atoms with Crippen LogP contribution in [0.2, 0.25) is 0 Å². The summed E-state index contributed by atoms with van der Waals surface area (Å²) >= 11 is 0. The summed E-state index contributed by atoms with van der Waals surface area (Å²) in [5.41, 5.74) is -1.31. The van der Waals surface area contributed by atoms with Crippen LogP contribution in [0.25, 0.3) is 0 Å². The fraction of sp³-hybridized carbons (Fsp3) is 0.500. The van der Waals surface area contributed by atoms with Gasteiger partial charge in [-0.15, -0.1) is 0 Å². The maximum Gasteiger partial charge on any atom is 0.408 e. The Morgan fingerprint density at radius 3 is 2.45 bits per heavy atom. The van der Waals surface area contributed by atoms with E-state index >= 15 is 0 Å². The van der Waals surface area contributed by atoms with Gasteiger partial charge < -0.3 is 20.3 Å². The van der Waals surface area contributed by atoms with Crippen molar-refractivity contribution < 1.29 is 24.5 Å². The average Bonchev–Trinajstić information content (AvgIpc) is 2.43. The van der Waals surface area contributed by atoms with Crippen LogP contribution in [0.5, 0.6) is 0 Å². The molecule has 0 heterocycles. The van der Waals surface area contributed by atoms with Crippen molar-refractivity contribution in [3.8, 4) is 0 Å². The van der Waals surface area contributed by atoms with Crippen molar-refractivity contribution >= 4 is 12.1 Å². The number of aliphatic hydroxyl groups excluding tert-OH is 1. The second kappa shape index (κ2) is 5.28. The maximum atomic E-state index is 12.0. The van der Waals surface area contributed by atoms with Crippen LogP contribution in [0.3, 0.4) is 0 Å². The molecule has 2 saturated carbocycles. The summed E-state index contributed by atoms with van der Waals surface area (Å²) in [5, 5.41) is 22.0. The number of carboxylic acid groups (broad SMARTS) is 1. The van der Waals surface area contributed by atoms with Gasteiger partial charge in [-0.25, -0.2) is 9.59 Å². The molecule has 1 spiro atoms. The van der Waals surface area contributed by atoms with Crippen LogP contribution in [0.15, 0.2) is 30.3 Å². The van der Waals surface area contributed by atoms with Gasteiger partial charge in [-0.05, 0) is 18.4 Å². The SMILES string of the molecule is O=C(N[C@]1(C(=O)O)C[C@@H](O)C12CCC2)OCc1ccccc1. The summed E-state index contributed by atoms with van der Waals surface area (Å²) in [5.74, 6) is -1.10. The Morgan fingerprint density at radius 1 is 1.27 bits per heavy atom. The zero-order chi connectivity index (χ0) is 15.8. The van der Waals surface area contributed by atoms with E-state index < -0.39 is 29.1 Å². The molecule has 0 aliphatic heterocycles. The number of carboxylic acids is 1. The zero-order valence-electron chi connectivity index (χ0n) is 12.1. The van der Waals surface area contributed by atoms with Crippen molar-refractivity contribution in [2.24, 2.45) is 5.41 Å². The van der Waals surface area contributed by atoms with Gasteiger partial charge in [0.15, 0.2) is 5.54 Å². The first kappa shape index (κ1) is 14.8. The standard InChI is InChI=1S/C16H19NO5/c18-12-9-16(13(19)20,15(12)7-4-8-15)17-14(21)22-10-11-5-2-1-3-6-11/h1-3,5-6,12,18H,4,7-10H2,(H,17,21)(H,19,20)/t12-,16+/m1/s1. The quantitative estimate of drug-likeness (QED) is 0.786. The lowest BCUT2D eigenvalue weighted by Gasteiger charge is -2.64. The van der Waals surface area contributed by atoms with E-state index in [1.165, 1.54) is 0 Å². The fourth-order valence-electron chi connectivity index (χ4n) is 3.62. The number of alkyl carbamates (subject to hydrolysis) is 1. The van der Waals surface area contributed by atoms with Crippen molar-refractivity contribution in [1.29, 1.82) is 0 Å². The number of rotatable bonds is 4. The van der Waals surface area contributed by atoms with Crippen LogP contribution in [-0.4, -0.2) is 33.9 Å². The monoisotopic (exact) mass is 305 g/mol. The van der Waals surface area contributed by atoms with Gasteiger partial charge in [0.2, 0.25) is 0 Å². The number of ether oxygens (including phenoxy) is 1. The van der Waals surface area contributed by atoms with Crippen molar-refractivity contribution in [3.05, 3.63) is 35.9 Å². The molecule has 3 rings (SSSR count). The molecule has 2 fully saturated rings. The van der Waals surface area contributed by atoms with Crippen LogP contribution < -0.4 is 5.32 Å². The Morgan fingerprint density at radius 2 is 1.95 bits per heavy atom. The molecule has 1 aromatic rings. The predicted molar refractivity (Wildman–Crippen MR) is 77.0 cm³/mol. The number of amides is 1. The molecule has 6 nitrogen and oxygen atoms in total. The largest absolute Gasteiger partial charge is 0.479 e. The molecule has 0 bridgehead atoms. The van der Waals surface area contributed by atoms with E-state index in [0.717, 1.165) is 12.0 Å². The maximum absolute atomic E-state index is 12.0. The molecule has 0 aromatic heterocycles. The molecule has 1 amide bonds. The first-order valence-corrected chi connectivity index (χ1v) is 7.40. The first-order valence-electron chi connectivity index (χ1n) is 7.40. The third-order valence-corrected chi connectivity index (χ3v) is 5.13. The Balaban J connectivity index is 1.65. The molecule has 0 saturated heterocycles. The summed E-state index contributed by atoms with van der Waals surface area (Å²) in [7, 11) is 0. The topological polar surface area (TPSA) is 95.9 Å². The van der Waals surface area contributed by atoms with E-state index in [9.17, 15) is 19.8 Å². The lowest BCUT2D eigenvalue weighted by atomic mass is 9.43. The molecule has 118 valence electrons. The highest BCUT2D eigenvalue weighted by Gasteiger charge is 2.72. The summed E-state index contributed by atoms with van der Waals surface area (Å²) in [6.45, 7) is 0.0813. The lowest BCUT2D eigenvalue weighted by Crippen LogP contribution is -2.79. The second-order valence-corrected chi connectivity index (χ2v) is 6.13. The molecule has 1 aromatic carbocycles. The molecule has 2 atom stereocenters. The zero-order valence-corrected chi connectivity index (χ0v) is 12.1. The highest BCUT2D eigenvalue weighted by Crippen LogP contribution is 2.62. The molecule has 0 radical (unpaired) electrons. The number of carbonyl (C=O) groups is 2. The van der Waals surface area contributed by atoms with E-state index in [-0.39, 0.29) is 13.0 Å². The van der Waals surface area contributed by atoms with Crippen LogP contribution in [0, 0.1) is 5.41 Å². The summed E-state index contributed by atoms with van der Waals surface area (Å²) in [6, 6.07) is 9.17. The van der Waals surface area contributed by atoms with Crippen LogP contribution in [-0.2, 0) is 16.1 Å². The Labute approximate surface area is 128 Å². The van der Waals surface area contributed by atoms with Gasteiger partial charge in [0, 0.05) is 11.8 Å². The average molecular weight is 305 g/mol. The van der Waals surface area contributed by atoms with Gasteiger partial charge in [0.25, 0.3) is 0 Å². The van der Waals surface area contributed by atoms with Gasteiger partial charge in [-0.3, -0.25) is 0 Å². The van der Waals surface area contributed by atoms with Gasteiger partial charge >= 0.3 is 12.1 Å². The van der Waals surface area contributed by atoms with Crippen molar-refractivity contribution in [3.63, 3.8) is 0 Å². The second-order valence-electron chi connectivity index (χ2n) is 6.13. The number of aliphatic hydroxyl groups is 1. The highest BCUT2D eigenvalue weighted by molar-refractivity contribution is 5.87. The van der Waals surface area contributed by atoms with E-state index in [0.29, 0.717) is 12.8 Å². The number of aliphatic carboxylic acids is 1. The van der Waals surface area contributed by atoms with Crippen molar-refractivity contribution in [2.75, 3.05) is 0 Å². The number of carbonyl (C=O) groups excluding carboxylic acids is 1. The number of hydrogen-bond acceptors (Lipinski definition) is 4. The van der Waals surface area contributed by atoms with Gasteiger partial charge in [-0.2, -0.15) is 0 Å². The van der Waals surface area contributed by atoms with E-state index in [1.54, 1.807) is 0 Å². The number of benzene rings is 1. The molecule has 0 unspecified atom stereocenters. The fourth-order valence-corrected chi connectivity index (χ4v) is 3.62. The van der Waals surface area contributed by atoms with Crippen molar-refractivity contribution in [1.82, 2.24) is 5.32 Å². The molecule has 22 heavy (non-hydrogen) atoms. The van der Waals surface area contributed by atoms with Gasteiger partial charge in [0.1, 0.15) is 6.61 Å². The van der Waals surface area contributed by atoms with Crippen LogP contribution >= 0.6 is 0 Å². The summed E-state index contributed by atoms with van der Waals surface area (Å²) in [4.78, 5) is 23.7. The molecule has 2 aliphatic rings. The lowest BCUT2D eigenvalue weighted by molar-refractivity contribution is -0.212. The minimum Gasteiger partial charge on any atom is -0.479 e. The van der Waals surface area contributed by atoms with Crippen LogP contribution in [0.1, 0.15) is 31.2 Å². The molecular formula is C16H19NO5. The van der Waals surface area contributed by atoms with E-state index in [1.807, 2.05) is 30.3 Å². The first-order chi connectivity index (χ1) is 10.5. The predicted octanol–water partition coefficient (Wildman–Crippen LogP) is 1.67. The third kappa shape index (κ3) is 2.06. The van der Waals surface area contributed by atoms with Crippen LogP contribution in [0.4, 0.5) is 4.79 Å². The van der Waals surface area contributed by atoms with Crippen molar-refractivity contribution in [2.45, 2.75) is 43.9 Å². The molecule has 2 aliphatic carbocycles. The Bertz CT molecular complexity index is 583. The Hall–Kier alpha value is -2.08. The summed E-state index contributed by atoms with van der Waals surface area (Å²) < 4.78 is 5.11. The molecule has 6 heteroatoms. The highest BCUT2D eigenvalue weighted by atomic mass is 16.5. The van der Waals surface area contributed by atoms with E-state index in [2.05, 4.69) is 5.32 Å². The third-order valence-electron chi connectivity index (χ3n) is 5.13. The van der Waals surface area contributed by atoms with Gasteiger partial charge in [-0.1, -0.05) is 36.8 Å². The molecular weight excluding hydrogens is 286 g/mol. The minimum atomic E-state index is -1.40. The number of nitrogens with one attached hydrogen (secondary N) is 1.